The van der Waals surface area contributed by atoms with Crippen molar-refractivity contribution in [3.05, 3.63) is 0 Å². The summed E-state index contributed by atoms with van der Waals surface area (Å²) >= 11 is 0. The fourth-order valence-corrected chi connectivity index (χ4v) is 0.858. The molecule has 0 spiro atoms. The van der Waals surface area contributed by atoms with Gasteiger partial charge in [0.05, 0.1) is 0 Å². The maximum atomic E-state index is 10.6. The molecule has 0 aromatic carbocycles. The van der Waals surface area contributed by atoms with Gasteiger partial charge in [-0.05, 0) is 0 Å². The van der Waals surface area contributed by atoms with Crippen LogP contribution >= 0.6 is 0 Å². The molecule has 8 N–H and O–H groups in total. The molecule has 0 saturated heterocycles. The predicted octanol–water partition coefficient (Wildman–Crippen LogP) is -9.20. The van der Waals surface area contributed by atoms with Crippen molar-refractivity contribution in [2.45, 2.75) is 11.1 Å². The molecule has 0 radical (unpaired) electrons. The molecule has 0 bridgehead atoms. The first-order valence-corrected chi connectivity index (χ1v) is 3.54. The van der Waals surface area contributed by atoms with Gasteiger partial charge in [0.25, 0.3) is 11.1 Å². The molecular weight excluding hydrogens is 298 g/mol. The average Bonchev–Trinajstić information content (AvgIpc) is 2.13. The maximum absolute atomic E-state index is 10.6. The molecule has 0 aliphatic heterocycles. The van der Waals surface area contributed by atoms with Crippen LogP contribution in [0.1, 0.15) is 5.71 Å². The summed E-state index contributed by atoms with van der Waals surface area (Å²) in [7, 11) is 0. The fourth-order valence-electron chi connectivity index (χ4n) is 0.858. The molecule has 13 heteroatoms. The third-order valence-electron chi connectivity index (χ3n) is 1.97. The third-order valence-corrected chi connectivity index (χ3v) is 1.97. The number of nitrogens with two attached hydrogens (primary N) is 2. The Kier molecular flexibility index (Phi) is 13.9. The van der Waals surface area contributed by atoms with Gasteiger partial charge < -0.3 is 37.6 Å². The Morgan fingerprint density at radius 2 is 0.789 bits per heavy atom. The molecule has 0 aromatic heterocycles. The number of aliphatic carboxylic acids is 4. The van der Waals surface area contributed by atoms with Crippen LogP contribution in [0.4, 0.5) is 0 Å². The van der Waals surface area contributed by atoms with Crippen molar-refractivity contribution < 1.29 is 104 Å². The predicted molar refractivity (Wildman–Crippen MR) is 54.6 cm³/mol. The van der Waals surface area contributed by atoms with Crippen LogP contribution in [0.15, 0.2) is 0 Å². The summed E-state index contributed by atoms with van der Waals surface area (Å²) in [4.78, 5) is 42.4. The summed E-state index contributed by atoms with van der Waals surface area (Å²) in [5.74, 6) is -9.53. The first kappa shape index (κ1) is 27.8. The summed E-state index contributed by atoms with van der Waals surface area (Å²) in [6.07, 6.45) is 0. The second-order valence-corrected chi connectivity index (χ2v) is 2.84. The molecule has 0 aliphatic rings. The van der Waals surface area contributed by atoms with Crippen molar-refractivity contribution in [3.63, 3.8) is 0 Å². The van der Waals surface area contributed by atoms with Crippen LogP contribution < -0.4 is 70.6 Å². The smallest absolute Gasteiger partial charge is 1.00 e. The van der Waals surface area contributed by atoms with Crippen LogP contribution in [0.3, 0.4) is 0 Å². The minimum atomic E-state index is -3.69. The number of carboxylic acids is 4. The van der Waals surface area contributed by atoms with Gasteiger partial charge in [0.15, 0.2) is 0 Å². The summed E-state index contributed by atoms with van der Waals surface area (Å²) < 4.78 is 0. The molecule has 0 aliphatic carbocycles. The molecule has 0 amide bonds. The zero-order valence-electron chi connectivity index (χ0n) is 14.3. The van der Waals surface area contributed by atoms with E-state index in [4.69, 9.17) is 31.9 Å². The van der Waals surface area contributed by atoms with Crippen LogP contribution in [-0.4, -0.2) is 78.4 Å². The SMILES string of the molecule is NC(C(=O)O)(C(=O)O)C(N)(C(=O)O)C(=O)O.[H-].[H-].[H-].[H-].[Mg+2].[Na+].[Na+]. The Balaban J connectivity index is -0.0000000536. The first-order chi connectivity index (χ1) is 7.02. The normalized spacial score (nSPS) is 10.0. The molecule has 0 atom stereocenters. The van der Waals surface area contributed by atoms with Crippen molar-refractivity contribution in [1.29, 1.82) is 0 Å². The fraction of sp³-hybridized carbons (Fsp3) is 0.333. The number of carbonyl (C=O) groups is 4. The van der Waals surface area contributed by atoms with E-state index in [0.29, 0.717) is 0 Å². The topological polar surface area (TPSA) is 201 Å². The molecule has 0 saturated carbocycles. The van der Waals surface area contributed by atoms with Crippen molar-refractivity contribution in [2.75, 3.05) is 0 Å². The summed E-state index contributed by atoms with van der Waals surface area (Å²) in [6, 6.07) is 0. The standard InChI is InChI=1S/C6H8N2O8.Mg.2Na.4H/c7-5(1(9)10,2(11)12)6(8,3(13)14)4(15)16;;;;;;;/h7-8H2,(H,9,10)(H,11,12)(H,13,14)(H,15,16);;;;;;;/q;+2;2*+1;4*-1. The van der Waals surface area contributed by atoms with E-state index < -0.39 is 35.0 Å². The van der Waals surface area contributed by atoms with E-state index in [2.05, 4.69) is 0 Å². The van der Waals surface area contributed by atoms with Crippen molar-refractivity contribution in [3.8, 4) is 0 Å². The van der Waals surface area contributed by atoms with Crippen LogP contribution in [0, 0.1) is 0 Å². The quantitative estimate of drug-likeness (QED) is 0.209. The minimum Gasteiger partial charge on any atom is -1.00 e. The Morgan fingerprint density at radius 1 is 0.684 bits per heavy atom. The molecule has 19 heavy (non-hydrogen) atoms. The minimum absolute atomic E-state index is 0. The van der Waals surface area contributed by atoms with E-state index in [9.17, 15) is 19.2 Å². The Bertz CT molecular complexity index is 341. The van der Waals surface area contributed by atoms with Gasteiger partial charge >= 0.3 is 106 Å². The van der Waals surface area contributed by atoms with Crippen LogP contribution in [0.2, 0.25) is 0 Å². The average molecular weight is 310 g/mol. The summed E-state index contributed by atoms with van der Waals surface area (Å²) in [5, 5.41) is 34.1. The number of hydrogen-bond acceptors (Lipinski definition) is 6. The van der Waals surface area contributed by atoms with Crippen LogP contribution in [0.25, 0.3) is 0 Å². The van der Waals surface area contributed by atoms with Gasteiger partial charge in [-0.25, -0.2) is 19.2 Å². The molecule has 10 nitrogen and oxygen atoms in total. The van der Waals surface area contributed by atoms with Gasteiger partial charge in [0.2, 0.25) is 0 Å². The van der Waals surface area contributed by atoms with Gasteiger partial charge in [0.1, 0.15) is 0 Å². The van der Waals surface area contributed by atoms with E-state index in [1.165, 1.54) is 0 Å². The monoisotopic (exact) mass is 310 g/mol. The van der Waals surface area contributed by atoms with Crippen molar-refractivity contribution in [1.82, 2.24) is 0 Å². The molecule has 0 aromatic rings. The zero-order chi connectivity index (χ0) is 13.3. The van der Waals surface area contributed by atoms with Gasteiger partial charge in [-0.1, -0.05) is 0 Å². The first-order valence-electron chi connectivity index (χ1n) is 3.54. The van der Waals surface area contributed by atoms with Gasteiger partial charge in [-0.15, -0.1) is 0 Å². The molecule has 0 unspecified atom stereocenters. The van der Waals surface area contributed by atoms with E-state index >= 15 is 0 Å². The second-order valence-electron chi connectivity index (χ2n) is 2.84. The third kappa shape index (κ3) is 4.52. The van der Waals surface area contributed by atoms with E-state index in [1.807, 2.05) is 0 Å². The molecule has 0 heterocycles. The molecular formula is C6H12MgN2Na2O8. The molecule has 0 fully saturated rings. The van der Waals surface area contributed by atoms with Crippen LogP contribution in [-0.2, 0) is 19.2 Å². The van der Waals surface area contributed by atoms with Crippen molar-refractivity contribution in [2.24, 2.45) is 11.5 Å². The molecule has 0 rings (SSSR count). The number of hydrogen-bond donors (Lipinski definition) is 6. The Hall–Kier alpha value is 0.566. The van der Waals surface area contributed by atoms with Gasteiger partial charge in [-0.2, -0.15) is 0 Å². The van der Waals surface area contributed by atoms with Crippen LogP contribution in [0.5, 0.6) is 0 Å². The van der Waals surface area contributed by atoms with Crippen molar-refractivity contribution >= 4 is 46.9 Å². The summed E-state index contributed by atoms with van der Waals surface area (Å²) in [6.45, 7) is 0. The van der Waals surface area contributed by atoms with Gasteiger partial charge in [-0.3, -0.25) is 0 Å². The largest absolute Gasteiger partial charge is 2.00 e. The molecule has 98 valence electrons. The van der Waals surface area contributed by atoms with Gasteiger partial charge in [0, 0.05) is 0 Å². The number of carboxylic acid groups (broad SMARTS) is 4. The van der Waals surface area contributed by atoms with E-state index in [1.54, 1.807) is 0 Å². The maximum Gasteiger partial charge on any atom is 2.00 e. The summed E-state index contributed by atoms with van der Waals surface area (Å²) in [5.41, 5.74) is 2.18. The number of rotatable bonds is 5. The Morgan fingerprint density at radius 3 is 0.842 bits per heavy atom. The second kappa shape index (κ2) is 9.49. The Labute approximate surface area is 172 Å². The van der Waals surface area contributed by atoms with E-state index in [0.717, 1.165) is 0 Å². The van der Waals surface area contributed by atoms with E-state index in [-0.39, 0.29) is 87.9 Å². The zero-order valence-corrected chi connectivity index (χ0v) is 15.7.